The van der Waals surface area contributed by atoms with Crippen LogP contribution in [0.3, 0.4) is 0 Å². The largest absolute Gasteiger partial charge is 0.454 e. The second-order valence-corrected chi connectivity index (χ2v) is 7.25. The van der Waals surface area contributed by atoms with Crippen LogP contribution in [0.25, 0.3) is 0 Å². The van der Waals surface area contributed by atoms with Crippen LogP contribution >= 0.6 is 0 Å². The average Bonchev–Trinajstić information content (AvgIpc) is 3.34. The molecule has 2 atom stereocenters. The second-order valence-electron chi connectivity index (χ2n) is 7.25. The molecule has 1 aromatic carbocycles. The molecule has 2 heterocycles. The number of nitrogens with zero attached hydrogens (tertiary/aromatic N) is 1. The summed E-state index contributed by atoms with van der Waals surface area (Å²) in [6.45, 7) is 4.20. The van der Waals surface area contributed by atoms with E-state index in [-0.39, 0.29) is 12.0 Å². The fourth-order valence-electron chi connectivity index (χ4n) is 4.16. The molecule has 2 aliphatic heterocycles. The molecule has 24 heavy (non-hydrogen) atoms. The zero-order valence-electron chi connectivity index (χ0n) is 14.3. The first-order valence-corrected chi connectivity index (χ1v) is 9.15. The quantitative estimate of drug-likeness (QED) is 0.922. The molecule has 0 unspecified atom stereocenters. The van der Waals surface area contributed by atoms with E-state index in [9.17, 15) is 4.79 Å². The molecule has 0 bridgehead atoms. The van der Waals surface area contributed by atoms with Crippen LogP contribution < -0.4 is 14.8 Å². The van der Waals surface area contributed by atoms with Crippen molar-refractivity contribution in [3.05, 3.63) is 23.8 Å². The van der Waals surface area contributed by atoms with Crippen LogP contribution in [0.5, 0.6) is 11.5 Å². The van der Waals surface area contributed by atoms with Gasteiger partial charge in [0, 0.05) is 31.1 Å². The Bertz CT molecular complexity index is 613. The zero-order valence-corrected chi connectivity index (χ0v) is 14.3. The molecule has 5 nitrogen and oxygen atoms in total. The van der Waals surface area contributed by atoms with E-state index in [1.54, 1.807) is 0 Å². The van der Waals surface area contributed by atoms with Gasteiger partial charge in [0.05, 0.1) is 0 Å². The Morgan fingerprint density at radius 2 is 2.00 bits per heavy atom. The number of nitrogens with one attached hydrogen (secondary N) is 1. The Hall–Kier alpha value is -1.75. The number of ether oxygens (including phenoxy) is 2. The molecule has 1 N–H and O–H groups in total. The van der Waals surface area contributed by atoms with Gasteiger partial charge in [-0.3, -0.25) is 4.79 Å². The van der Waals surface area contributed by atoms with Crippen LogP contribution in [0.1, 0.15) is 50.6 Å². The summed E-state index contributed by atoms with van der Waals surface area (Å²) >= 11 is 0. The predicted octanol–water partition coefficient (Wildman–Crippen LogP) is 2.86. The average molecular weight is 330 g/mol. The van der Waals surface area contributed by atoms with Crippen molar-refractivity contribution >= 4 is 5.91 Å². The minimum atomic E-state index is 0.228. The number of fused-ring (bicyclic) bond motifs is 1. The molecular weight excluding hydrogens is 304 g/mol. The van der Waals surface area contributed by atoms with Crippen LogP contribution in [0, 0.1) is 5.92 Å². The molecular formula is C19H26N2O3. The maximum Gasteiger partial charge on any atom is 0.231 e. The molecule has 1 amide bonds. The number of likely N-dealkylation sites (tertiary alicyclic amines) is 1. The monoisotopic (exact) mass is 330 g/mol. The number of rotatable bonds is 4. The third kappa shape index (κ3) is 3.09. The van der Waals surface area contributed by atoms with Crippen molar-refractivity contribution in [3.63, 3.8) is 0 Å². The Labute approximate surface area is 143 Å². The first-order valence-electron chi connectivity index (χ1n) is 9.15. The summed E-state index contributed by atoms with van der Waals surface area (Å²) in [4.78, 5) is 14.6. The lowest BCUT2D eigenvalue weighted by atomic mass is 10.1. The number of carbonyl (C=O) groups excluding carboxylic acids is 1. The van der Waals surface area contributed by atoms with Crippen LogP contribution in [0.2, 0.25) is 0 Å². The van der Waals surface area contributed by atoms with Gasteiger partial charge in [0.15, 0.2) is 11.5 Å². The van der Waals surface area contributed by atoms with Crippen molar-refractivity contribution < 1.29 is 14.3 Å². The summed E-state index contributed by atoms with van der Waals surface area (Å²) < 4.78 is 10.8. The molecule has 0 spiro atoms. The number of hydrogen-bond donors (Lipinski definition) is 1. The Morgan fingerprint density at radius 3 is 2.83 bits per heavy atom. The predicted molar refractivity (Wildman–Crippen MR) is 91.1 cm³/mol. The van der Waals surface area contributed by atoms with Gasteiger partial charge >= 0.3 is 0 Å². The third-order valence-electron chi connectivity index (χ3n) is 5.59. The first-order chi connectivity index (χ1) is 11.7. The van der Waals surface area contributed by atoms with Crippen LogP contribution in [-0.2, 0) is 4.79 Å². The molecule has 0 radical (unpaired) electrons. The number of benzene rings is 1. The van der Waals surface area contributed by atoms with E-state index in [0.717, 1.165) is 43.9 Å². The van der Waals surface area contributed by atoms with Crippen molar-refractivity contribution in [1.29, 1.82) is 0 Å². The smallest absolute Gasteiger partial charge is 0.231 e. The van der Waals surface area contributed by atoms with Crippen molar-refractivity contribution in [3.8, 4) is 11.5 Å². The van der Waals surface area contributed by atoms with Gasteiger partial charge in [0.2, 0.25) is 12.7 Å². The second kappa shape index (κ2) is 6.63. The van der Waals surface area contributed by atoms with E-state index in [0.29, 0.717) is 18.7 Å². The summed E-state index contributed by atoms with van der Waals surface area (Å²) in [6.07, 6.45) is 5.63. The topological polar surface area (TPSA) is 50.8 Å². The van der Waals surface area contributed by atoms with Gasteiger partial charge in [-0.05, 0) is 43.9 Å². The molecule has 130 valence electrons. The maximum absolute atomic E-state index is 12.5. The third-order valence-corrected chi connectivity index (χ3v) is 5.59. The van der Waals surface area contributed by atoms with Crippen LogP contribution in [0.15, 0.2) is 18.2 Å². The van der Waals surface area contributed by atoms with Crippen LogP contribution in [-0.4, -0.2) is 36.7 Å². The van der Waals surface area contributed by atoms with Gasteiger partial charge in [-0.25, -0.2) is 0 Å². The van der Waals surface area contributed by atoms with E-state index >= 15 is 0 Å². The van der Waals surface area contributed by atoms with E-state index in [2.05, 4.69) is 29.3 Å². The molecule has 3 aliphatic rings. The lowest BCUT2D eigenvalue weighted by Crippen LogP contribution is -2.38. The zero-order chi connectivity index (χ0) is 16.5. The van der Waals surface area contributed by atoms with Crippen molar-refractivity contribution in [2.24, 2.45) is 5.92 Å². The fraction of sp³-hybridized carbons (Fsp3) is 0.632. The highest BCUT2D eigenvalue weighted by atomic mass is 16.7. The summed E-state index contributed by atoms with van der Waals surface area (Å²) in [7, 11) is 0. The van der Waals surface area contributed by atoms with Crippen molar-refractivity contribution in [1.82, 2.24) is 10.2 Å². The minimum absolute atomic E-state index is 0.228. The number of carbonyl (C=O) groups is 1. The molecule has 4 rings (SSSR count). The highest BCUT2D eigenvalue weighted by molar-refractivity contribution is 5.79. The minimum Gasteiger partial charge on any atom is -0.454 e. The summed E-state index contributed by atoms with van der Waals surface area (Å²) in [5.41, 5.74) is 1.19. The van der Waals surface area contributed by atoms with Crippen LogP contribution in [0.4, 0.5) is 0 Å². The Kier molecular flexibility index (Phi) is 4.35. The summed E-state index contributed by atoms with van der Waals surface area (Å²) in [5, 5.41) is 3.67. The fourth-order valence-corrected chi connectivity index (χ4v) is 4.16. The molecule has 0 aromatic heterocycles. The van der Waals surface area contributed by atoms with E-state index in [4.69, 9.17) is 9.47 Å². The molecule has 2 fully saturated rings. The Balaban J connectivity index is 1.33. The molecule has 1 aliphatic carbocycles. The summed E-state index contributed by atoms with van der Waals surface area (Å²) in [6, 6.07) is 6.71. The summed E-state index contributed by atoms with van der Waals surface area (Å²) in [5.74, 6) is 2.31. The van der Waals surface area contributed by atoms with Gasteiger partial charge < -0.3 is 19.7 Å². The van der Waals surface area contributed by atoms with E-state index in [1.165, 1.54) is 18.4 Å². The van der Waals surface area contributed by atoms with E-state index < -0.39 is 0 Å². The first kappa shape index (κ1) is 15.8. The van der Waals surface area contributed by atoms with Crippen molar-refractivity contribution in [2.75, 3.05) is 19.9 Å². The lowest BCUT2D eigenvalue weighted by Gasteiger charge is -2.22. The maximum atomic E-state index is 12.5. The molecule has 1 aromatic rings. The van der Waals surface area contributed by atoms with Gasteiger partial charge in [0.25, 0.3) is 0 Å². The highest BCUT2D eigenvalue weighted by Crippen LogP contribution is 2.34. The molecule has 1 saturated carbocycles. The number of amides is 1. The highest BCUT2D eigenvalue weighted by Gasteiger charge is 2.32. The van der Waals surface area contributed by atoms with Crippen molar-refractivity contribution in [2.45, 2.75) is 51.1 Å². The molecule has 1 saturated heterocycles. The SMILES string of the molecule is C[C@H](N[C@@H]1CCN(C(=O)C2CCCC2)C1)c1ccc2c(c1)OCO2. The lowest BCUT2D eigenvalue weighted by molar-refractivity contribution is -0.134. The van der Waals surface area contributed by atoms with Gasteiger partial charge in [-0.1, -0.05) is 18.9 Å². The van der Waals surface area contributed by atoms with E-state index in [1.807, 2.05) is 6.07 Å². The van der Waals surface area contributed by atoms with Gasteiger partial charge in [-0.2, -0.15) is 0 Å². The Morgan fingerprint density at radius 1 is 1.21 bits per heavy atom. The standard InChI is InChI=1S/C19H26N2O3/c1-13(15-6-7-17-18(10-15)24-12-23-17)20-16-8-9-21(11-16)19(22)14-4-2-3-5-14/h6-7,10,13-14,16,20H,2-5,8-9,11-12H2,1H3/t13-,16+/m0/s1. The normalized spacial score (nSPS) is 24.5. The van der Waals surface area contributed by atoms with Gasteiger partial charge in [-0.15, -0.1) is 0 Å². The molecule has 5 heteroatoms. The van der Waals surface area contributed by atoms with Gasteiger partial charge in [0.1, 0.15) is 0 Å². The number of hydrogen-bond acceptors (Lipinski definition) is 4.